The van der Waals surface area contributed by atoms with Crippen LogP contribution in [-0.2, 0) is 6.54 Å². The zero-order valence-electron chi connectivity index (χ0n) is 13.9. The van der Waals surface area contributed by atoms with Crippen LogP contribution in [0.25, 0.3) is 0 Å². The lowest BCUT2D eigenvalue weighted by molar-refractivity contribution is 0.543. The summed E-state index contributed by atoms with van der Waals surface area (Å²) in [7, 11) is 0. The molecule has 1 aromatic heterocycles. The molecule has 0 atom stereocenters. The summed E-state index contributed by atoms with van der Waals surface area (Å²) in [6.45, 7) is 16.9. The summed E-state index contributed by atoms with van der Waals surface area (Å²) in [6.07, 6.45) is 1.97. The third-order valence-corrected chi connectivity index (χ3v) is 3.09. The lowest BCUT2D eigenvalue weighted by Gasteiger charge is -2.26. The van der Waals surface area contributed by atoms with Crippen molar-refractivity contribution < 1.29 is 0 Å². The minimum absolute atomic E-state index is 0.610. The van der Waals surface area contributed by atoms with Crippen molar-refractivity contribution >= 4 is 5.95 Å². The monoisotopic (exact) mass is 278 g/mol. The van der Waals surface area contributed by atoms with Crippen LogP contribution in [0.3, 0.4) is 0 Å². The average molecular weight is 278 g/mol. The molecule has 20 heavy (non-hydrogen) atoms. The van der Waals surface area contributed by atoms with Crippen LogP contribution in [0.15, 0.2) is 6.20 Å². The van der Waals surface area contributed by atoms with Gasteiger partial charge in [-0.3, -0.25) is 0 Å². The summed E-state index contributed by atoms with van der Waals surface area (Å²) < 4.78 is 0. The Hall–Kier alpha value is -1.16. The number of nitrogens with one attached hydrogen (secondary N) is 1. The Morgan fingerprint density at radius 2 is 1.75 bits per heavy atom. The van der Waals surface area contributed by atoms with Crippen molar-refractivity contribution in [2.24, 2.45) is 11.8 Å². The zero-order chi connectivity index (χ0) is 15.1. The largest absolute Gasteiger partial charge is 0.340 e. The molecular formula is C16H30N4. The van der Waals surface area contributed by atoms with Crippen molar-refractivity contribution in [2.45, 2.75) is 48.1 Å². The Bertz CT molecular complexity index is 391. The summed E-state index contributed by atoms with van der Waals surface area (Å²) in [5.41, 5.74) is 2.26. The van der Waals surface area contributed by atoms with Crippen LogP contribution >= 0.6 is 0 Å². The van der Waals surface area contributed by atoms with Crippen LogP contribution < -0.4 is 10.2 Å². The number of hydrogen-bond donors (Lipinski definition) is 1. The van der Waals surface area contributed by atoms with Gasteiger partial charge in [-0.05, 0) is 25.3 Å². The maximum atomic E-state index is 4.71. The second-order valence-electron chi connectivity index (χ2n) is 6.25. The summed E-state index contributed by atoms with van der Waals surface area (Å²) in [5.74, 6) is 2.09. The quantitative estimate of drug-likeness (QED) is 0.793. The van der Waals surface area contributed by atoms with E-state index in [1.165, 1.54) is 5.56 Å². The van der Waals surface area contributed by atoms with Gasteiger partial charge in [-0.15, -0.1) is 0 Å². The van der Waals surface area contributed by atoms with Gasteiger partial charge in [-0.25, -0.2) is 9.97 Å². The van der Waals surface area contributed by atoms with Gasteiger partial charge in [0.05, 0.1) is 0 Å². The Kier molecular flexibility index (Phi) is 6.93. The van der Waals surface area contributed by atoms with Crippen molar-refractivity contribution in [3.05, 3.63) is 17.5 Å². The van der Waals surface area contributed by atoms with Gasteiger partial charge in [0.2, 0.25) is 5.95 Å². The molecular weight excluding hydrogens is 248 g/mol. The van der Waals surface area contributed by atoms with Crippen molar-refractivity contribution in [1.29, 1.82) is 0 Å². The molecule has 1 rings (SSSR count). The second-order valence-corrected chi connectivity index (χ2v) is 6.25. The van der Waals surface area contributed by atoms with Crippen molar-refractivity contribution in [3.8, 4) is 0 Å². The molecule has 1 N–H and O–H groups in total. The summed E-state index contributed by atoms with van der Waals surface area (Å²) in [5, 5.41) is 3.32. The molecule has 0 aromatic carbocycles. The number of rotatable bonds is 8. The molecule has 0 spiro atoms. The van der Waals surface area contributed by atoms with Crippen LogP contribution in [0, 0.1) is 18.8 Å². The summed E-state index contributed by atoms with van der Waals surface area (Å²) in [6, 6.07) is 0. The van der Waals surface area contributed by atoms with E-state index < -0.39 is 0 Å². The maximum absolute atomic E-state index is 4.71. The summed E-state index contributed by atoms with van der Waals surface area (Å²) in [4.78, 5) is 11.6. The predicted octanol–water partition coefficient (Wildman–Crippen LogP) is 3.01. The SMILES string of the molecule is CCNCc1cnc(N(CC(C)C)CC(C)C)nc1C. The van der Waals surface area contributed by atoms with Gasteiger partial charge in [0, 0.05) is 37.1 Å². The lowest BCUT2D eigenvalue weighted by Crippen LogP contribution is -2.33. The van der Waals surface area contributed by atoms with E-state index in [-0.39, 0.29) is 0 Å². The highest BCUT2D eigenvalue weighted by Gasteiger charge is 2.14. The van der Waals surface area contributed by atoms with Crippen molar-refractivity contribution in [2.75, 3.05) is 24.5 Å². The van der Waals surface area contributed by atoms with Gasteiger partial charge < -0.3 is 10.2 Å². The molecule has 0 unspecified atom stereocenters. The fraction of sp³-hybridized carbons (Fsp3) is 0.750. The van der Waals surface area contributed by atoms with E-state index in [0.29, 0.717) is 11.8 Å². The molecule has 0 aliphatic rings. The van der Waals surface area contributed by atoms with E-state index in [1.807, 2.05) is 6.20 Å². The van der Waals surface area contributed by atoms with Crippen molar-refractivity contribution in [1.82, 2.24) is 15.3 Å². The topological polar surface area (TPSA) is 41.1 Å². The Balaban J connectivity index is 2.87. The van der Waals surface area contributed by atoms with Crippen molar-refractivity contribution in [3.63, 3.8) is 0 Å². The molecule has 0 saturated heterocycles. The van der Waals surface area contributed by atoms with Crippen LogP contribution in [0.4, 0.5) is 5.95 Å². The molecule has 0 radical (unpaired) electrons. The molecule has 0 fully saturated rings. The normalized spacial score (nSPS) is 11.4. The van der Waals surface area contributed by atoms with Crippen LogP contribution in [0.1, 0.15) is 45.9 Å². The minimum atomic E-state index is 0.610. The first kappa shape index (κ1) is 16.9. The van der Waals surface area contributed by atoms with E-state index in [2.05, 4.69) is 56.7 Å². The third kappa shape index (κ3) is 5.45. The van der Waals surface area contributed by atoms with Gasteiger partial charge in [-0.1, -0.05) is 34.6 Å². The predicted molar refractivity (Wildman–Crippen MR) is 86.0 cm³/mol. The Labute approximate surface area is 124 Å². The highest BCUT2D eigenvalue weighted by Crippen LogP contribution is 2.15. The molecule has 0 bridgehead atoms. The zero-order valence-corrected chi connectivity index (χ0v) is 13.9. The molecule has 0 aliphatic heterocycles. The summed E-state index contributed by atoms with van der Waals surface area (Å²) >= 11 is 0. The lowest BCUT2D eigenvalue weighted by atomic mass is 10.1. The first-order valence-corrected chi connectivity index (χ1v) is 7.72. The van der Waals surface area contributed by atoms with E-state index in [4.69, 9.17) is 4.98 Å². The van der Waals surface area contributed by atoms with Gasteiger partial charge in [0.1, 0.15) is 0 Å². The van der Waals surface area contributed by atoms with Gasteiger partial charge in [0.15, 0.2) is 0 Å². The molecule has 1 aromatic rings. The highest BCUT2D eigenvalue weighted by molar-refractivity contribution is 5.33. The van der Waals surface area contributed by atoms with E-state index in [1.54, 1.807) is 0 Å². The smallest absolute Gasteiger partial charge is 0.225 e. The first-order valence-electron chi connectivity index (χ1n) is 7.72. The van der Waals surface area contributed by atoms with E-state index >= 15 is 0 Å². The number of nitrogens with zero attached hydrogens (tertiary/aromatic N) is 3. The standard InChI is InChI=1S/C16H30N4/c1-7-17-8-15-9-18-16(19-14(15)6)20(10-12(2)3)11-13(4)5/h9,12-13,17H,7-8,10-11H2,1-6H3. The molecule has 0 saturated carbocycles. The molecule has 1 heterocycles. The number of hydrogen-bond acceptors (Lipinski definition) is 4. The Morgan fingerprint density at radius 1 is 1.15 bits per heavy atom. The fourth-order valence-electron chi connectivity index (χ4n) is 2.18. The van der Waals surface area contributed by atoms with Crippen LogP contribution in [0.5, 0.6) is 0 Å². The molecule has 4 heteroatoms. The van der Waals surface area contributed by atoms with Gasteiger partial charge in [-0.2, -0.15) is 0 Å². The van der Waals surface area contributed by atoms with Gasteiger partial charge in [0.25, 0.3) is 0 Å². The molecule has 114 valence electrons. The minimum Gasteiger partial charge on any atom is -0.340 e. The number of aryl methyl sites for hydroxylation is 1. The van der Waals surface area contributed by atoms with E-state index in [0.717, 1.165) is 37.8 Å². The molecule has 4 nitrogen and oxygen atoms in total. The third-order valence-electron chi connectivity index (χ3n) is 3.09. The Morgan fingerprint density at radius 3 is 2.20 bits per heavy atom. The number of aromatic nitrogens is 2. The van der Waals surface area contributed by atoms with E-state index in [9.17, 15) is 0 Å². The molecule has 0 aliphatic carbocycles. The second kappa shape index (κ2) is 8.20. The first-order chi connectivity index (χ1) is 9.43. The number of anilines is 1. The van der Waals surface area contributed by atoms with Gasteiger partial charge >= 0.3 is 0 Å². The maximum Gasteiger partial charge on any atom is 0.225 e. The highest BCUT2D eigenvalue weighted by atomic mass is 15.2. The van der Waals surface area contributed by atoms with Crippen LogP contribution in [0.2, 0.25) is 0 Å². The van der Waals surface area contributed by atoms with Crippen LogP contribution in [-0.4, -0.2) is 29.6 Å². The molecule has 0 amide bonds. The fourth-order valence-corrected chi connectivity index (χ4v) is 2.18. The average Bonchev–Trinajstić information content (AvgIpc) is 2.35.